The highest BCUT2D eigenvalue weighted by Gasteiger charge is 2.29. The Hall–Kier alpha value is -1.65. The van der Waals surface area contributed by atoms with Crippen LogP contribution in [-0.4, -0.2) is 19.4 Å². The molecule has 0 aliphatic carbocycles. The van der Waals surface area contributed by atoms with Crippen molar-refractivity contribution < 1.29 is 8.42 Å². The van der Waals surface area contributed by atoms with E-state index in [4.69, 9.17) is 5.73 Å². The molecule has 0 heterocycles. The molecule has 0 spiro atoms. The predicted octanol–water partition coefficient (Wildman–Crippen LogP) is 3.57. The van der Waals surface area contributed by atoms with Crippen molar-refractivity contribution in [2.45, 2.75) is 31.6 Å². The molecule has 0 saturated carbocycles. The minimum atomic E-state index is -3.15. The molecule has 0 unspecified atom stereocenters. The first-order valence-corrected chi connectivity index (χ1v) is 9.33. The second-order valence-electron chi connectivity index (χ2n) is 5.41. The maximum absolute atomic E-state index is 12.2. The molecule has 0 aliphatic heterocycles. The van der Waals surface area contributed by atoms with Crippen molar-refractivity contribution in [3.63, 3.8) is 0 Å². The summed E-state index contributed by atoms with van der Waals surface area (Å²) in [5.74, 6) is 0.126. The number of hydrogen-bond acceptors (Lipinski definition) is 3. The Labute approximate surface area is 133 Å². The highest BCUT2D eigenvalue weighted by molar-refractivity contribution is 7.92. The summed E-state index contributed by atoms with van der Waals surface area (Å²) >= 11 is 0. The van der Waals surface area contributed by atoms with Gasteiger partial charge in [-0.1, -0.05) is 68.4 Å². The Balaban J connectivity index is 2.26. The Morgan fingerprint density at radius 2 is 1.45 bits per heavy atom. The molecule has 2 aromatic rings. The van der Waals surface area contributed by atoms with Gasteiger partial charge in [0.05, 0.1) is 5.25 Å². The first-order chi connectivity index (χ1) is 10.5. The monoisotopic (exact) mass is 317 g/mol. The third-order valence-corrected chi connectivity index (χ3v) is 6.42. The SMILES string of the molecule is CC[C@@H]([C@@H](N)c1ccc(-c2ccccc2)cc1)S(=O)(=O)CC. The molecule has 0 fully saturated rings. The zero-order valence-electron chi connectivity index (χ0n) is 13.1. The molecule has 2 N–H and O–H groups in total. The number of nitrogens with two attached hydrogens (primary N) is 1. The zero-order valence-corrected chi connectivity index (χ0v) is 13.9. The molecule has 0 saturated heterocycles. The van der Waals surface area contributed by atoms with Gasteiger partial charge in [0.1, 0.15) is 0 Å². The second-order valence-corrected chi connectivity index (χ2v) is 7.92. The van der Waals surface area contributed by atoms with Gasteiger partial charge in [0.2, 0.25) is 0 Å². The van der Waals surface area contributed by atoms with E-state index in [-0.39, 0.29) is 5.75 Å². The van der Waals surface area contributed by atoms with Crippen LogP contribution in [0.4, 0.5) is 0 Å². The molecule has 0 bridgehead atoms. The average Bonchev–Trinajstić information content (AvgIpc) is 2.56. The highest BCUT2D eigenvalue weighted by atomic mass is 32.2. The van der Waals surface area contributed by atoms with Crippen molar-refractivity contribution in [1.82, 2.24) is 0 Å². The topological polar surface area (TPSA) is 60.2 Å². The quantitative estimate of drug-likeness (QED) is 0.886. The number of sulfone groups is 1. The van der Waals surface area contributed by atoms with E-state index < -0.39 is 21.1 Å². The van der Waals surface area contributed by atoms with Crippen molar-refractivity contribution >= 4 is 9.84 Å². The van der Waals surface area contributed by atoms with Gasteiger partial charge in [-0.3, -0.25) is 0 Å². The Morgan fingerprint density at radius 1 is 0.909 bits per heavy atom. The van der Waals surface area contributed by atoms with E-state index in [1.54, 1.807) is 6.92 Å². The fourth-order valence-corrected chi connectivity index (χ4v) is 4.23. The minimum Gasteiger partial charge on any atom is -0.323 e. The van der Waals surface area contributed by atoms with Gasteiger partial charge in [-0.15, -0.1) is 0 Å². The van der Waals surface area contributed by atoms with E-state index in [0.29, 0.717) is 6.42 Å². The van der Waals surface area contributed by atoms with Gasteiger partial charge in [0, 0.05) is 11.8 Å². The second kappa shape index (κ2) is 7.07. The van der Waals surface area contributed by atoms with Crippen LogP contribution in [0.2, 0.25) is 0 Å². The number of benzene rings is 2. The van der Waals surface area contributed by atoms with Crippen LogP contribution < -0.4 is 5.73 Å². The summed E-state index contributed by atoms with van der Waals surface area (Å²) in [6, 6.07) is 17.4. The number of hydrogen-bond donors (Lipinski definition) is 1. The van der Waals surface area contributed by atoms with E-state index in [0.717, 1.165) is 16.7 Å². The molecule has 2 aromatic carbocycles. The molecular weight excluding hydrogens is 294 g/mol. The van der Waals surface area contributed by atoms with Crippen LogP contribution >= 0.6 is 0 Å². The van der Waals surface area contributed by atoms with Crippen molar-refractivity contribution in [1.29, 1.82) is 0 Å². The Kier molecular flexibility index (Phi) is 5.37. The highest BCUT2D eigenvalue weighted by Crippen LogP contribution is 2.26. The Morgan fingerprint density at radius 3 is 1.95 bits per heavy atom. The molecule has 3 nitrogen and oxygen atoms in total. The van der Waals surface area contributed by atoms with E-state index in [1.807, 2.05) is 61.5 Å². The summed E-state index contributed by atoms with van der Waals surface area (Å²) < 4.78 is 24.3. The summed E-state index contributed by atoms with van der Waals surface area (Å²) in [4.78, 5) is 0. The average molecular weight is 317 g/mol. The van der Waals surface area contributed by atoms with Crippen LogP contribution in [0, 0.1) is 0 Å². The van der Waals surface area contributed by atoms with Crippen molar-refractivity contribution in [3.05, 3.63) is 60.2 Å². The molecule has 118 valence electrons. The van der Waals surface area contributed by atoms with Crippen LogP contribution in [0.15, 0.2) is 54.6 Å². The van der Waals surface area contributed by atoms with Crippen molar-refractivity contribution in [2.75, 3.05) is 5.75 Å². The summed E-state index contributed by atoms with van der Waals surface area (Å²) in [5.41, 5.74) is 9.32. The fourth-order valence-electron chi connectivity index (χ4n) is 2.69. The van der Waals surface area contributed by atoms with E-state index >= 15 is 0 Å². The Bertz CT molecular complexity index is 694. The first kappa shape index (κ1) is 16.7. The summed E-state index contributed by atoms with van der Waals surface area (Å²) in [7, 11) is -3.15. The van der Waals surface area contributed by atoms with Crippen LogP contribution in [-0.2, 0) is 9.84 Å². The van der Waals surface area contributed by atoms with E-state index in [1.165, 1.54) is 0 Å². The maximum Gasteiger partial charge on any atom is 0.154 e. The lowest BCUT2D eigenvalue weighted by Gasteiger charge is -2.22. The van der Waals surface area contributed by atoms with Gasteiger partial charge in [-0.2, -0.15) is 0 Å². The number of rotatable bonds is 6. The molecule has 0 radical (unpaired) electrons. The summed E-state index contributed by atoms with van der Waals surface area (Å²) in [6.07, 6.45) is 0.526. The van der Waals surface area contributed by atoms with Gasteiger partial charge in [0.15, 0.2) is 9.84 Å². The normalized spacial score (nSPS) is 14.5. The van der Waals surface area contributed by atoms with Gasteiger partial charge in [-0.25, -0.2) is 8.42 Å². The lowest BCUT2D eigenvalue weighted by molar-refractivity contribution is 0.549. The lowest BCUT2D eigenvalue weighted by atomic mass is 9.99. The first-order valence-electron chi connectivity index (χ1n) is 7.62. The molecule has 22 heavy (non-hydrogen) atoms. The van der Waals surface area contributed by atoms with E-state index in [2.05, 4.69) is 0 Å². The van der Waals surface area contributed by atoms with Gasteiger partial charge >= 0.3 is 0 Å². The molecular formula is C18H23NO2S. The van der Waals surface area contributed by atoms with E-state index in [9.17, 15) is 8.42 Å². The lowest BCUT2D eigenvalue weighted by Crippen LogP contribution is -2.34. The zero-order chi connectivity index (χ0) is 16.2. The smallest absolute Gasteiger partial charge is 0.154 e. The van der Waals surface area contributed by atoms with Gasteiger partial charge in [-0.05, 0) is 23.1 Å². The van der Waals surface area contributed by atoms with Gasteiger partial charge in [0.25, 0.3) is 0 Å². The van der Waals surface area contributed by atoms with Crippen LogP contribution in [0.25, 0.3) is 11.1 Å². The molecule has 0 aromatic heterocycles. The molecule has 0 aliphatic rings. The third kappa shape index (κ3) is 3.57. The molecule has 2 rings (SSSR count). The largest absolute Gasteiger partial charge is 0.323 e. The summed E-state index contributed by atoms with van der Waals surface area (Å²) in [6.45, 7) is 3.54. The fraction of sp³-hybridized carbons (Fsp3) is 0.333. The van der Waals surface area contributed by atoms with Crippen molar-refractivity contribution in [3.8, 4) is 11.1 Å². The van der Waals surface area contributed by atoms with Gasteiger partial charge < -0.3 is 5.73 Å². The predicted molar refractivity (Wildman–Crippen MR) is 92.3 cm³/mol. The van der Waals surface area contributed by atoms with Crippen LogP contribution in [0.3, 0.4) is 0 Å². The minimum absolute atomic E-state index is 0.126. The standard InChI is InChI=1S/C18H23NO2S/c1-3-17(22(20,21)4-2)18(19)16-12-10-15(11-13-16)14-8-6-5-7-9-14/h5-13,17-18H,3-4,19H2,1-2H3/t17-,18-/m0/s1. The van der Waals surface area contributed by atoms with Crippen LogP contribution in [0.5, 0.6) is 0 Å². The molecule has 2 atom stereocenters. The van der Waals surface area contributed by atoms with Crippen LogP contribution in [0.1, 0.15) is 31.9 Å². The summed E-state index contributed by atoms with van der Waals surface area (Å²) in [5, 5.41) is -0.528. The third-order valence-electron chi connectivity index (χ3n) is 4.07. The molecule has 4 heteroatoms. The maximum atomic E-state index is 12.2. The molecule has 0 amide bonds. The van der Waals surface area contributed by atoms with Crippen molar-refractivity contribution in [2.24, 2.45) is 5.73 Å².